The molecule has 0 N–H and O–H groups in total. The SMILES string of the molecule is O=C1CN=CO1. The standard InChI is InChI=1S/C3H3NO2/c5-3-1-4-2-6-3/h2H,1H2. The molecule has 6 heavy (non-hydrogen) atoms. The minimum Gasteiger partial charge on any atom is -0.413 e. The van der Waals surface area contributed by atoms with Gasteiger partial charge in [0.2, 0.25) is 0 Å². The van der Waals surface area contributed by atoms with Crippen molar-refractivity contribution in [3.05, 3.63) is 0 Å². The Hall–Kier alpha value is -0.860. The summed E-state index contributed by atoms with van der Waals surface area (Å²) in [6.07, 6.45) is 1.16. The Balaban J connectivity index is 2.52. The van der Waals surface area contributed by atoms with Gasteiger partial charge in [-0.05, 0) is 0 Å². The van der Waals surface area contributed by atoms with E-state index in [2.05, 4.69) is 9.73 Å². The number of carbonyl (C=O) groups excluding carboxylic acids is 1. The Morgan fingerprint density at radius 2 is 2.83 bits per heavy atom. The minimum atomic E-state index is -0.269. The molecule has 0 aromatic carbocycles. The molecule has 0 aromatic rings. The molecule has 3 nitrogen and oxygen atoms in total. The van der Waals surface area contributed by atoms with Crippen molar-refractivity contribution in [1.29, 1.82) is 0 Å². The van der Waals surface area contributed by atoms with Crippen LogP contribution >= 0.6 is 0 Å². The van der Waals surface area contributed by atoms with Gasteiger partial charge >= 0.3 is 5.97 Å². The van der Waals surface area contributed by atoms with Crippen LogP contribution < -0.4 is 0 Å². The van der Waals surface area contributed by atoms with Gasteiger partial charge in [0.15, 0.2) is 6.40 Å². The van der Waals surface area contributed by atoms with E-state index in [4.69, 9.17) is 0 Å². The molecule has 0 aromatic heterocycles. The summed E-state index contributed by atoms with van der Waals surface area (Å²) in [5, 5.41) is 0. The van der Waals surface area contributed by atoms with Crippen LogP contribution in [0.4, 0.5) is 0 Å². The molecule has 0 radical (unpaired) electrons. The lowest BCUT2D eigenvalue weighted by Crippen LogP contribution is -1.95. The summed E-state index contributed by atoms with van der Waals surface area (Å²) in [7, 11) is 0. The largest absolute Gasteiger partial charge is 0.413 e. The third-order valence-corrected chi connectivity index (χ3v) is 0.479. The molecule has 1 aliphatic rings. The maximum Gasteiger partial charge on any atom is 0.334 e. The monoisotopic (exact) mass is 85.0 g/mol. The van der Waals surface area contributed by atoms with Gasteiger partial charge < -0.3 is 4.74 Å². The molecule has 0 fully saturated rings. The van der Waals surface area contributed by atoms with Gasteiger partial charge in [-0.25, -0.2) is 9.79 Å². The second-order valence-corrected chi connectivity index (χ2v) is 0.936. The minimum absolute atomic E-state index is 0.194. The molecule has 0 bridgehead atoms. The van der Waals surface area contributed by atoms with Crippen molar-refractivity contribution in [2.45, 2.75) is 0 Å². The van der Waals surface area contributed by atoms with Crippen LogP contribution in [0.15, 0.2) is 4.99 Å². The van der Waals surface area contributed by atoms with E-state index in [1.54, 1.807) is 0 Å². The van der Waals surface area contributed by atoms with E-state index in [9.17, 15) is 4.79 Å². The molecule has 0 saturated heterocycles. The summed E-state index contributed by atoms with van der Waals surface area (Å²) in [6, 6.07) is 0. The molecule has 1 aliphatic heterocycles. The lowest BCUT2D eigenvalue weighted by Gasteiger charge is -1.75. The Morgan fingerprint density at radius 1 is 2.00 bits per heavy atom. The number of cyclic esters (lactones) is 1. The maximum absolute atomic E-state index is 9.90. The quantitative estimate of drug-likeness (QED) is 0.374. The van der Waals surface area contributed by atoms with Crippen molar-refractivity contribution in [1.82, 2.24) is 0 Å². The first-order chi connectivity index (χ1) is 2.89. The van der Waals surface area contributed by atoms with Crippen LogP contribution in [0.1, 0.15) is 0 Å². The Bertz CT molecular complexity index is 87.0. The smallest absolute Gasteiger partial charge is 0.334 e. The van der Waals surface area contributed by atoms with Crippen LogP contribution in [-0.2, 0) is 9.53 Å². The van der Waals surface area contributed by atoms with Crippen molar-refractivity contribution >= 4 is 12.4 Å². The number of carbonyl (C=O) groups is 1. The summed E-state index contributed by atoms with van der Waals surface area (Å²) in [5.74, 6) is -0.269. The second kappa shape index (κ2) is 1.08. The van der Waals surface area contributed by atoms with Gasteiger partial charge in [0.25, 0.3) is 0 Å². The number of esters is 1. The third kappa shape index (κ3) is 0.381. The van der Waals surface area contributed by atoms with Gasteiger partial charge in [0, 0.05) is 0 Å². The van der Waals surface area contributed by atoms with E-state index >= 15 is 0 Å². The summed E-state index contributed by atoms with van der Waals surface area (Å²) in [6.45, 7) is 0.194. The van der Waals surface area contributed by atoms with Crippen molar-refractivity contribution in [2.24, 2.45) is 4.99 Å². The molecule has 0 spiro atoms. The summed E-state index contributed by atoms with van der Waals surface area (Å²) in [4.78, 5) is 13.4. The summed E-state index contributed by atoms with van der Waals surface area (Å²) in [5.41, 5.74) is 0. The van der Waals surface area contributed by atoms with E-state index in [1.807, 2.05) is 0 Å². The van der Waals surface area contributed by atoms with E-state index in [0.29, 0.717) is 0 Å². The van der Waals surface area contributed by atoms with Gasteiger partial charge in [-0.15, -0.1) is 0 Å². The zero-order chi connectivity index (χ0) is 4.41. The molecule has 3 heteroatoms. The number of hydrogen-bond donors (Lipinski definition) is 0. The van der Waals surface area contributed by atoms with Crippen molar-refractivity contribution in [3.8, 4) is 0 Å². The lowest BCUT2D eigenvalue weighted by atomic mass is 10.7. The fourth-order valence-corrected chi connectivity index (χ4v) is 0.245. The van der Waals surface area contributed by atoms with Crippen molar-refractivity contribution < 1.29 is 9.53 Å². The van der Waals surface area contributed by atoms with E-state index in [0.717, 1.165) is 6.40 Å². The molecule has 32 valence electrons. The normalized spacial score (nSPS) is 18.3. The topological polar surface area (TPSA) is 38.7 Å². The lowest BCUT2D eigenvalue weighted by molar-refractivity contribution is -0.131. The van der Waals surface area contributed by atoms with Crippen LogP contribution in [-0.4, -0.2) is 18.9 Å². The first-order valence-corrected chi connectivity index (χ1v) is 1.57. The summed E-state index contributed by atoms with van der Waals surface area (Å²) < 4.78 is 4.22. The van der Waals surface area contributed by atoms with E-state index in [1.165, 1.54) is 0 Å². The number of hydrogen-bond acceptors (Lipinski definition) is 3. The predicted molar refractivity (Wildman–Crippen MR) is 19.5 cm³/mol. The highest BCUT2D eigenvalue weighted by Crippen LogP contribution is 1.82. The Morgan fingerprint density at radius 3 is 3.00 bits per heavy atom. The number of rotatable bonds is 0. The molecule has 0 unspecified atom stereocenters. The molecular formula is C3H3NO2. The van der Waals surface area contributed by atoms with Crippen LogP contribution in [0.5, 0.6) is 0 Å². The van der Waals surface area contributed by atoms with Gasteiger partial charge in [0.05, 0.1) is 0 Å². The van der Waals surface area contributed by atoms with Gasteiger partial charge in [0.1, 0.15) is 6.54 Å². The van der Waals surface area contributed by atoms with Gasteiger partial charge in [-0.2, -0.15) is 0 Å². The van der Waals surface area contributed by atoms with E-state index < -0.39 is 0 Å². The van der Waals surface area contributed by atoms with Crippen molar-refractivity contribution in [2.75, 3.05) is 6.54 Å². The average Bonchev–Trinajstić information content (AvgIpc) is 1.86. The highest BCUT2D eigenvalue weighted by atomic mass is 16.5. The van der Waals surface area contributed by atoms with Crippen LogP contribution in [0, 0.1) is 0 Å². The molecule has 0 aliphatic carbocycles. The molecule has 0 atom stereocenters. The zero-order valence-electron chi connectivity index (χ0n) is 3.05. The molecule has 0 saturated carbocycles. The van der Waals surface area contributed by atoms with Crippen LogP contribution in [0.2, 0.25) is 0 Å². The van der Waals surface area contributed by atoms with Crippen LogP contribution in [0.3, 0.4) is 0 Å². The highest BCUT2D eigenvalue weighted by molar-refractivity contribution is 5.84. The Labute approximate surface area is 34.6 Å². The average molecular weight is 85.1 g/mol. The fraction of sp³-hybridized carbons (Fsp3) is 0.333. The number of aliphatic imine (C=N–C) groups is 1. The molecule has 1 rings (SSSR count). The zero-order valence-corrected chi connectivity index (χ0v) is 3.05. The first-order valence-electron chi connectivity index (χ1n) is 1.57. The van der Waals surface area contributed by atoms with E-state index in [-0.39, 0.29) is 12.5 Å². The molecular weight excluding hydrogens is 82.0 g/mol. The Kier molecular flexibility index (Phi) is 0.602. The highest BCUT2D eigenvalue weighted by Gasteiger charge is 2.02. The van der Waals surface area contributed by atoms with Gasteiger partial charge in [-0.1, -0.05) is 0 Å². The molecule has 1 heterocycles. The van der Waals surface area contributed by atoms with Crippen molar-refractivity contribution in [3.63, 3.8) is 0 Å². The van der Waals surface area contributed by atoms with Crippen LogP contribution in [0.25, 0.3) is 0 Å². The summed E-state index contributed by atoms with van der Waals surface area (Å²) >= 11 is 0. The number of ether oxygens (including phenoxy) is 1. The molecule has 0 amide bonds. The predicted octanol–water partition coefficient (Wildman–Crippen LogP) is -0.428. The maximum atomic E-state index is 9.90. The second-order valence-electron chi connectivity index (χ2n) is 0.936. The van der Waals surface area contributed by atoms with Gasteiger partial charge in [-0.3, -0.25) is 0 Å². The third-order valence-electron chi connectivity index (χ3n) is 0.479. The first kappa shape index (κ1) is 3.33. The number of nitrogens with zero attached hydrogens (tertiary/aromatic N) is 1. The fourth-order valence-electron chi connectivity index (χ4n) is 0.245.